The minimum Gasteiger partial charge on any atom is -0.480 e. The second-order valence-electron chi connectivity index (χ2n) is 4.74. The van der Waals surface area contributed by atoms with Crippen LogP contribution in [0.4, 0.5) is 5.69 Å². The van der Waals surface area contributed by atoms with Crippen LogP contribution >= 0.6 is 11.6 Å². The Morgan fingerprint density at radius 3 is 2.71 bits per heavy atom. The van der Waals surface area contributed by atoms with E-state index in [9.17, 15) is 24.8 Å². The van der Waals surface area contributed by atoms with E-state index in [0.29, 0.717) is 19.3 Å². The van der Waals surface area contributed by atoms with Gasteiger partial charge in [0.05, 0.1) is 9.95 Å². The van der Waals surface area contributed by atoms with Crippen LogP contribution in [-0.4, -0.2) is 39.4 Å². The number of piperidine rings is 1. The fourth-order valence-electron chi connectivity index (χ4n) is 2.45. The molecular weight excluding hydrogens is 300 g/mol. The number of likely N-dealkylation sites (tertiary alicyclic amines) is 1. The number of amides is 1. The molecule has 0 aromatic heterocycles. The first kappa shape index (κ1) is 15.2. The fourth-order valence-corrected chi connectivity index (χ4v) is 2.70. The highest BCUT2D eigenvalue weighted by Crippen LogP contribution is 2.30. The van der Waals surface area contributed by atoms with E-state index < -0.39 is 28.5 Å². The van der Waals surface area contributed by atoms with Gasteiger partial charge in [-0.3, -0.25) is 14.9 Å². The first-order chi connectivity index (χ1) is 9.93. The summed E-state index contributed by atoms with van der Waals surface area (Å²) < 4.78 is 0. The number of rotatable bonds is 3. The van der Waals surface area contributed by atoms with Crippen LogP contribution < -0.4 is 0 Å². The Morgan fingerprint density at radius 2 is 2.10 bits per heavy atom. The number of nitro benzene ring substituents is 1. The quantitative estimate of drug-likeness (QED) is 0.682. The standard InChI is InChI=1S/C13H13ClN2O5/c14-8-4-3-6-9(16(20)21)11(8)12(17)15-7-2-1-5-10(15)13(18)19/h3-4,6,10H,1-2,5,7H2,(H,18,19)/t10-/m0/s1. The monoisotopic (exact) mass is 312 g/mol. The molecule has 1 atom stereocenters. The molecule has 1 aliphatic heterocycles. The zero-order valence-corrected chi connectivity index (χ0v) is 11.7. The summed E-state index contributed by atoms with van der Waals surface area (Å²) in [5.74, 6) is -1.82. The number of hydrogen-bond donors (Lipinski definition) is 1. The van der Waals surface area contributed by atoms with Crippen LogP contribution in [-0.2, 0) is 4.79 Å². The lowest BCUT2D eigenvalue weighted by Crippen LogP contribution is -2.48. The number of hydrogen-bond acceptors (Lipinski definition) is 4. The average molecular weight is 313 g/mol. The predicted molar refractivity (Wildman–Crippen MR) is 74.4 cm³/mol. The Morgan fingerprint density at radius 1 is 1.38 bits per heavy atom. The molecule has 1 aromatic carbocycles. The SMILES string of the molecule is O=C(O)[C@@H]1CCCCN1C(=O)c1c(Cl)cccc1[N+](=O)[O-]. The van der Waals surface area contributed by atoms with Crippen LogP contribution in [0.3, 0.4) is 0 Å². The number of carboxylic acid groups (broad SMARTS) is 1. The number of aliphatic carboxylic acids is 1. The third-order valence-corrected chi connectivity index (χ3v) is 3.77. The Balaban J connectivity index is 2.44. The lowest BCUT2D eigenvalue weighted by atomic mass is 10.0. The van der Waals surface area contributed by atoms with Gasteiger partial charge in [-0.05, 0) is 25.3 Å². The van der Waals surface area contributed by atoms with Crippen LogP contribution in [0.15, 0.2) is 18.2 Å². The maximum absolute atomic E-state index is 12.5. The van der Waals surface area contributed by atoms with E-state index >= 15 is 0 Å². The Hall–Kier alpha value is -2.15. The lowest BCUT2D eigenvalue weighted by molar-refractivity contribution is -0.385. The van der Waals surface area contributed by atoms with E-state index in [2.05, 4.69) is 0 Å². The topological polar surface area (TPSA) is 101 Å². The van der Waals surface area contributed by atoms with Crippen molar-refractivity contribution in [3.8, 4) is 0 Å². The molecule has 0 unspecified atom stereocenters. The van der Waals surface area contributed by atoms with Crippen LogP contribution in [0.25, 0.3) is 0 Å². The van der Waals surface area contributed by atoms with Gasteiger partial charge < -0.3 is 10.0 Å². The number of halogens is 1. The zero-order valence-electron chi connectivity index (χ0n) is 11.0. The smallest absolute Gasteiger partial charge is 0.326 e. The van der Waals surface area contributed by atoms with Crippen LogP contribution in [0.1, 0.15) is 29.6 Å². The van der Waals surface area contributed by atoms with Crippen molar-refractivity contribution in [3.05, 3.63) is 38.9 Å². The fraction of sp³-hybridized carbons (Fsp3) is 0.385. The van der Waals surface area contributed by atoms with Crippen molar-refractivity contribution in [1.29, 1.82) is 0 Å². The normalized spacial score (nSPS) is 18.3. The summed E-state index contributed by atoms with van der Waals surface area (Å²) in [5.41, 5.74) is -0.667. The molecule has 1 saturated heterocycles. The summed E-state index contributed by atoms with van der Waals surface area (Å²) in [6.07, 6.45) is 1.69. The van der Waals surface area contributed by atoms with Gasteiger partial charge in [0, 0.05) is 12.6 Å². The second-order valence-corrected chi connectivity index (χ2v) is 5.15. The van der Waals surface area contributed by atoms with E-state index in [1.54, 1.807) is 0 Å². The van der Waals surface area contributed by atoms with Crippen LogP contribution in [0, 0.1) is 10.1 Å². The largest absolute Gasteiger partial charge is 0.480 e. The first-order valence-electron chi connectivity index (χ1n) is 6.40. The third-order valence-electron chi connectivity index (χ3n) is 3.45. The van der Waals surface area contributed by atoms with Gasteiger partial charge in [-0.15, -0.1) is 0 Å². The number of carbonyl (C=O) groups excluding carboxylic acids is 1. The summed E-state index contributed by atoms with van der Waals surface area (Å²) in [7, 11) is 0. The summed E-state index contributed by atoms with van der Waals surface area (Å²) in [4.78, 5) is 35.3. The number of carbonyl (C=O) groups is 2. The van der Waals surface area contributed by atoms with Crippen molar-refractivity contribution in [1.82, 2.24) is 4.90 Å². The average Bonchev–Trinajstić information content (AvgIpc) is 2.46. The molecular formula is C13H13ClN2O5. The molecule has 0 spiro atoms. The molecule has 1 aromatic rings. The van der Waals surface area contributed by atoms with E-state index in [-0.39, 0.29) is 17.1 Å². The molecule has 1 N–H and O–H groups in total. The van der Waals surface area contributed by atoms with Crippen LogP contribution in [0.2, 0.25) is 5.02 Å². The molecule has 1 aliphatic rings. The van der Waals surface area contributed by atoms with Crippen molar-refractivity contribution in [2.75, 3.05) is 6.54 Å². The molecule has 2 rings (SSSR count). The molecule has 0 radical (unpaired) electrons. The molecule has 21 heavy (non-hydrogen) atoms. The number of nitrogens with zero attached hydrogens (tertiary/aromatic N) is 2. The van der Waals surface area contributed by atoms with Gasteiger partial charge in [-0.1, -0.05) is 17.7 Å². The van der Waals surface area contributed by atoms with Gasteiger partial charge >= 0.3 is 5.97 Å². The summed E-state index contributed by atoms with van der Waals surface area (Å²) >= 11 is 5.92. The Bertz CT molecular complexity index is 604. The van der Waals surface area contributed by atoms with Crippen molar-refractivity contribution in [2.45, 2.75) is 25.3 Å². The van der Waals surface area contributed by atoms with E-state index in [4.69, 9.17) is 11.6 Å². The van der Waals surface area contributed by atoms with E-state index in [1.165, 1.54) is 18.2 Å². The van der Waals surface area contributed by atoms with E-state index in [1.807, 2.05) is 0 Å². The molecule has 8 heteroatoms. The van der Waals surface area contributed by atoms with Crippen molar-refractivity contribution in [3.63, 3.8) is 0 Å². The van der Waals surface area contributed by atoms with Crippen molar-refractivity contribution < 1.29 is 19.6 Å². The van der Waals surface area contributed by atoms with Crippen molar-refractivity contribution in [2.24, 2.45) is 0 Å². The van der Waals surface area contributed by atoms with Crippen LogP contribution in [0.5, 0.6) is 0 Å². The molecule has 112 valence electrons. The second kappa shape index (κ2) is 6.09. The molecule has 0 aliphatic carbocycles. The highest BCUT2D eigenvalue weighted by atomic mass is 35.5. The molecule has 1 fully saturated rings. The van der Waals surface area contributed by atoms with Gasteiger partial charge in [-0.2, -0.15) is 0 Å². The van der Waals surface area contributed by atoms with Crippen molar-refractivity contribution >= 4 is 29.2 Å². The zero-order chi connectivity index (χ0) is 15.6. The van der Waals surface area contributed by atoms with Gasteiger partial charge in [-0.25, -0.2) is 4.79 Å². The molecule has 1 heterocycles. The summed E-state index contributed by atoms with van der Waals surface area (Å²) in [5, 5.41) is 20.2. The molecule has 1 amide bonds. The third kappa shape index (κ3) is 2.97. The first-order valence-corrected chi connectivity index (χ1v) is 6.78. The Kier molecular flexibility index (Phi) is 4.42. The highest BCUT2D eigenvalue weighted by molar-refractivity contribution is 6.34. The molecule has 7 nitrogen and oxygen atoms in total. The maximum atomic E-state index is 12.5. The lowest BCUT2D eigenvalue weighted by Gasteiger charge is -2.33. The summed E-state index contributed by atoms with van der Waals surface area (Å²) in [6, 6.07) is 2.96. The minimum absolute atomic E-state index is 0.0519. The van der Waals surface area contributed by atoms with Gasteiger partial charge in [0.25, 0.3) is 11.6 Å². The Labute approximate surface area is 125 Å². The molecule has 0 saturated carbocycles. The maximum Gasteiger partial charge on any atom is 0.326 e. The predicted octanol–water partition coefficient (Wildman–Crippen LogP) is 2.33. The summed E-state index contributed by atoms with van der Waals surface area (Å²) in [6.45, 7) is 0.248. The van der Waals surface area contributed by atoms with E-state index in [0.717, 1.165) is 4.90 Å². The van der Waals surface area contributed by atoms with Gasteiger partial charge in [0.15, 0.2) is 0 Å². The number of nitro groups is 1. The minimum atomic E-state index is -1.11. The molecule has 0 bridgehead atoms. The number of benzene rings is 1. The van der Waals surface area contributed by atoms with Gasteiger partial charge in [0.1, 0.15) is 11.6 Å². The highest BCUT2D eigenvalue weighted by Gasteiger charge is 2.36. The van der Waals surface area contributed by atoms with Gasteiger partial charge in [0.2, 0.25) is 0 Å². The number of carboxylic acids is 1.